The van der Waals surface area contributed by atoms with Crippen LogP contribution < -0.4 is 5.32 Å². The van der Waals surface area contributed by atoms with E-state index in [1.54, 1.807) is 17.7 Å². The van der Waals surface area contributed by atoms with Crippen LogP contribution in [0, 0.1) is 0 Å². The zero-order chi connectivity index (χ0) is 13.2. The van der Waals surface area contributed by atoms with Gasteiger partial charge >= 0.3 is 0 Å². The summed E-state index contributed by atoms with van der Waals surface area (Å²) in [6.07, 6.45) is 1.57. The van der Waals surface area contributed by atoms with Gasteiger partial charge in [0, 0.05) is 11.6 Å². The van der Waals surface area contributed by atoms with Crippen molar-refractivity contribution in [2.45, 2.75) is 20.0 Å². The van der Waals surface area contributed by atoms with Crippen molar-refractivity contribution in [3.05, 3.63) is 35.4 Å². The van der Waals surface area contributed by atoms with Gasteiger partial charge in [-0.15, -0.1) is 0 Å². The van der Waals surface area contributed by atoms with Crippen LogP contribution in [0.15, 0.2) is 24.5 Å². The molecule has 2 heterocycles. The minimum atomic E-state index is 0.612. The molecular weight excluding hydrogens is 282 g/mol. The Labute approximate surface area is 119 Å². The van der Waals surface area contributed by atoms with Gasteiger partial charge in [0.1, 0.15) is 12.2 Å². The molecule has 0 fully saturated rings. The van der Waals surface area contributed by atoms with E-state index in [1.165, 1.54) is 0 Å². The van der Waals surface area contributed by atoms with Gasteiger partial charge in [-0.1, -0.05) is 22.9 Å². The standard InChI is InChI=1S/C12H12ClN5S/c1-2-18-11(15-7-16-18)6-14-12-17-9-5-8(13)3-4-10(9)19-12/h3-5,7H,2,6H2,1H3,(H,14,17). The second-order valence-electron chi connectivity index (χ2n) is 3.98. The van der Waals surface area contributed by atoms with Gasteiger partial charge in [-0.25, -0.2) is 14.6 Å². The number of thiazole rings is 1. The third kappa shape index (κ3) is 2.54. The van der Waals surface area contributed by atoms with E-state index in [1.807, 2.05) is 29.8 Å². The predicted octanol–water partition coefficient (Wildman–Crippen LogP) is 3.17. The van der Waals surface area contributed by atoms with E-state index in [4.69, 9.17) is 11.6 Å². The number of rotatable bonds is 4. The fourth-order valence-electron chi connectivity index (χ4n) is 1.82. The number of hydrogen-bond donors (Lipinski definition) is 1. The maximum atomic E-state index is 5.95. The van der Waals surface area contributed by atoms with Crippen LogP contribution in [-0.2, 0) is 13.1 Å². The number of anilines is 1. The van der Waals surface area contributed by atoms with Gasteiger partial charge in [-0.2, -0.15) is 5.10 Å². The van der Waals surface area contributed by atoms with E-state index in [2.05, 4.69) is 20.4 Å². The molecule has 0 unspecified atom stereocenters. The predicted molar refractivity (Wildman–Crippen MR) is 77.7 cm³/mol. The molecule has 0 amide bonds. The zero-order valence-corrected chi connectivity index (χ0v) is 11.9. The third-order valence-corrected chi connectivity index (χ3v) is 3.97. The summed E-state index contributed by atoms with van der Waals surface area (Å²) in [5, 5.41) is 8.97. The maximum absolute atomic E-state index is 5.95. The number of nitrogens with one attached hydrogen (secondary N) is 1. The van der Waals surface area contributed by atoms with Crippen molar-refractivity contribution in [3.8, 4) is 0 Å². The van der Waals surface area contributed by atoms with Gasteiger partial charge in [-0.3, -0.25) is 0 Å². The highest BCUT2D eigenvalue weighted by Crippen LogP contribution is 2.28. The first kappa shape index (κ1) is 12.4. The molecule has 5 nitrogen and oxygen atoms in total. The number of halogens is 1. The average molecular weight is 294 g/mol. The first-order valence-electron chi connectivity index (χ1n) is 5.93. The van der Waals surface area contributed by atoms with Gasteiger partial charge in [0.2, 0.25) is 0 Å². The lowest BCUT2D eigenvalue weighted by Crippen LogP contribution is -2.08. The molecule has 0 bridgehead atoms. The van der Waals surface area contributed by atoms with E-state index in [0.717, 1.165) is 27.7 Å². The number of fused-ring (bicyclic) bond motifs is 1. The van der Waals surface area contributed by atoms with Crippen LogP contribution in [0.2, 0.25) is 5.02 Å². The second-order valence-corrected chi connectivity index (χ2v) is 5.44. The van der Waals surface area contributed by atoms with Crippen molar-refractivity contribution in [1.82, 2.24) is 19.7 Å². The van der Waals surface area contributed by atoms with E-state index >= 15 is 0 Å². The Bertz CT molecular complexity index is 705. The van der Waals surface area contributed by atoms with Gasteiger partial charge in [0.05, 0.1) is 16.8 Å². The Balaban J connectivity index is 1.78. The Morgan fingerprint density at radius 2 is 2.32 bits per heavy atom. The minimum absolute atomic E-state index is 0.612. The molecule has 1 N–H and O–H groups in total. The largest absolute Gasteiger partial charge is 0.354 e. The SMILES string of the molecule is CCn1ncnc1CNc1nc2cc(Cl)ccc2s1. The fraction of sp³-hybridized carbons (Fsp3) is 0.250. The summed E-state index contributed by atoms with van der Waals surface area (Å²) in [5.41, 5.74) is 0.914. The molecule has 98 valence electrons. The molecule has 3 rings (SSSR count). The molecule has 0 aliphatic heterocycles. The second kappa shape index (κ2) is 5.14. The Morgan fingerprint density at radius 1 is 1.42 bits per heavy atom. The normalized spacial score (nSPS) is 11.1. The molecule has 3 aromatic rings. The van der Waals surface area contributed by atoms with Gasteiger partial charge in [0.25, 0.3) is 0 Å². The number of benzene rings is 1. The quantitative estimate of drug-likeness (QED) is 0.803. The van der Waals surface area contributed by atoms with Crippen LogP contribution in [0.4, 0.5) is 5.13 Å². The molecule has 0 saturated heterocycles. The molecule has 1 aromatic carbocycles. The number of hydrogen-bond acceptors (Lipinski definition) is 5. The minimum Gasteiger partial charge on any atom is -0.354 e. The van der Waals surface area contributed by atoms with Crippen LogP contribution in [0.25, 0.3) is 10.2 Å². The lowest BCUT2D eigenvalue weighted by Gasteiger charge is -2.03. The van der Waals surface area contributed by atoms with Crippen molar-refractivity contribution in [2.75, 3.05) is 5.32 Å². The molecular formula is C12H12ClN5S. The Hall–Kier alpha value is -1.66. The van der Waals surface area contributed by atoms with Crippen LogP contribution in [-0.4, -0.2) is 19.7 Å². The summed E-state index contributed by atoms with van der Waals surface area (Å²) >= 11 is 7.55. The third-order valence-electron chi connectivity index (χ3n) is 2.74. The number of nitrogens with zero attached hydrogens (tertiary/aromatic N) is 4. The van der Waals surface area contributed by atoms with Gasteiger partial charge in [0.15, 0.2) is 5.13 Å². The summed E-state index contributed by atoms with van der Waals surface area (Å²) in [5.74, 6) is 0.903. The molecule has 0 radical (unpaired) electrons. The molecule has 0 atom stereocenters. The van der Waals surface area contributed by atoms with Crippen molar-refractivity contribution >= 4 is 38.3 Å². The van der Waals surface area contributed by atoms with E-state index in [0.29, 0.717) is 11.6 Å². The van der Waals surface area contributed by atoms with E-state index in [-0.39, 0.29) is 0 Å². The number of aromatic nitrogens is 4. The topological polar surface area (TPSA) is 55.6 Å². The molecule has 2 aromatic heterocycles. The molecule has 0 aliphatic rings. The van der Waals surface area contributed by atoms with E-state index < -0.39 is 0 Å². The van der Waals surface area contributed by atoms with Crippen molar-refractivity contribution in [2.24, 2.45) is 0 Å². The maximum Gasteiger partial charge on any atom is 0.184 e. The summed E-state index contributed by atoms with van der Waals surface area (Å²) in [6.45, 7) is 3.46. The fourth-order valence-corrected chi connectivity index (χ4v) is 2.83. The summed E-state index contributed by atoms with van der Waals surface area (Å²) in [4.78, 5) is 8.71. The van der Waals surface area contributed by atoms with Crippen molar-refractivity contribution in [1.29, 1.82) is 0 Å². The van der Waals surface area contributed by atoms with Gasteiger partial charge < -0.3 is 5.32 Å². The van der Waals surface area contributed by atoms with E-state index in [9.17, 15) is 0 Å². The monoisotopic (exact) mass is 293 g/mol. The molecule has 0 spiro atoms. The van der Waals surface area contributed by atoms with Crippen LogP contribution >= 0.6 is 22.9 Å². The van der Waals surface area contributed by atoms with Crippen molar-refractivity contribution in [3.63, 3.8) is 0 Å². The highest BCUT2D eigenvalue weighted by molar-refractivity contribution is 7.22. The average Bonchev–Trinajstić information content (AvgIpc) is 3.01. The summed E-state index contributed by atoms with van der Waals surface area (Å²) in [7, 11) is 0. The van der Waals surface area contributed by atoms with Crippen LogP contribution in [0.3, 0.4) is 0 Å². The molecule has 0 saturated carbocycles. The summed E-state index contributed by atoms with van der Waals surface area (Å²) in [6, 6.07) is 5.72. The molecule has 19 heavy (non-hydrogen) atoms. The van der Waals surface area contributed by atoms with Crippen molar-refractivity contribution < 1.29 is 0 Å². The zero-order valence-electron chi connectivity index (χ0n) is 10.3. The Morgan fingerprint density at radius 3 is 3.16 bits per heavy atom. The van der Waals surface area contributed by atoms with Gasteiger partial charge in [-0.05, 0) is 25.1 Å². The lowest BCUT2D eigenvalue weighted by molar-refractivity contribution is 0.622. The molecule has 7 heteroatoms. The smallest absolute Gasteiger partial charge is 0.184 e. The highest BCUT2D eigenvalue weighted by atomic mass is 35.5. The first-order valence-corrected chi connectivity index (χ1v) is 7.12. The first-order chi connectivity index (χ1) is 9.26. The van der Waals surface area contributed by atoms with Crippen LogP contribution in [0.5, 0.6) is 0 Å². The lowest BCUT2D eigenvalue weighted by atomic mass is 10.3. The summed E-state index contributed by atoms with van der Waals surface area (Å²) < 4.78 is 2.97. The van der Waals surface area contributed by atoms with Crippen LogP contribution in [0.1, 0.15) is 12.7 Å². The Kier molecular flexibility index (Phi) is 3.35. The molecule has 0 aliphatic carbocycles. The number of aryl methyl sites for hydroxylation is 1. The highest BCUT2D eigenvalue weighted by Gasteiger charge is 2.06.